The van der Waals surface area contributed by atoms with Crippen LogP contribution in [0.15, 0.2) is 42.6 Å². The summed E-state index contributed by atoms with van der Waals surface area (Å²) in [6.45, 7) is 6.88. The van der Waals surface area contributed by atoms with Crippen molar-refractivity contribution in [2.75, 3.05) is 0 Å². The van der Waals surface area contributed by atoms with E-state index in [9.17, 15) is 4.79 Å². The summed E-state index contributed by atoms with van der Waals surface area (Å²) in [4.78, 5) is 11.0. The first kappa shape index (κ1) is 10.7. The van der Waals surface area contributed by atoms with Crippen molar-refractivity contribution in [3.05, 3.63) is 48.2 Å². The molecule has 0 saturated heterocycles. The van der Waals surface area contributed by atoms with E-state index in [1.54, 1.807) is 0 Å². The van der Waals surface area contributed by atoms with Crippen LogP contribution in [0.25, 0.3) is 10.9 Å². The molecule has 0 spiro atoms. The SMILES string of the molecule is C=C(CC)Cn1cc(C=O)c2ccccc21. The maximum Gasteiger partial charge on any atom is 0.152 e. The molecule has 0 fully saturated rings. The largest absolute Gasteiger partial charge is 0.343 e. The summed E-state index contributed by atoms with van der Waals surface area (Å²) >= 11 is 0. The molecule has 0 saturated carbocycles. The molecule has 2 rings (SSSR count). The van der Waals surface area contributed by atoms with Crippen LogP contribution in [0.4, 0.5) is 0 Å². The van der Waals surface area contributed by atoms with Gasteiger partial charge in [-0.15, -0.1) is 0 Å². The van der Waals surface area contributed by atoms with Gasteiger partial charge >= 0.3 is 0 Å². The van der Waals surface area contributed by atoms with E-state index in [4.69, 9.17) is 0 Å². The van der Waals surface area contributed by atoms with Crippen LogP contribution in [-0.2, 0) is 6.54 Å². The molecule has 0 aliphatic heterocycles. The van der Waals surface area contributed by atoms with E-state index < -0.39 is 0 Å². The lowest BCUT2D eigenvalue weighted by Crippen LogP contribution is -1.97. The van der Waals surface area contributed by atoms with Crippen molar-refractivity contribution >= 4 is 17.2 Å². The van der Waals surface area contributed by atoms with Crippen molar-refractivity contribution in [1.29, 1.82) is 0 Å². The van der Waals surface area contributed by atoms with Crippen LogP contribution >= 0.6 is 0 Å². The molecule has 1 aromatic carbocycles. The Morgan fingerprint density at radius 1 is 1.44 bits per heavy atom. The van der Waals surface area contributed by atoms with Gasteiger partial charge in [-0.1, -0.05) is 37.3 Å². The third-order valence-electron chi connectivity index (χ3n) is 2.84. The van der Waals surface area contributed by atoms with E-state index in [0.717, 1.165) is 35.7 Å². The Morgan fingerprint density at radius 3 is 2.88 bits per heavy atom. The van der Waals surface area contributed by atoms with Crippen LogP contribution < -0.4 is 0 Å². The highest BCUT2D eigenvalue weighted by atomic mass is 16.1. The third-order valence-corrected chi connectivity index (χ3v) is 2.84. The normalized spacial score (nSPS) is 10.6. The molecule has 2 aromatic rings. The molecule has 2 nitrogen and oxygen atoms in total. The molecule has 0 bridgehead atoms. The summed E-state index contributed by atoms with van der Waals surface area (Å²) < 4.78 is 2.09. The molecule has 2 heteroatoms. The van der Waals surface area contributed by atoms with E-state index in [1.165, 1.54) is 5.57 Å². The van der Waals surface area contributed by atoms with Crippen LogP contribution in [0, 0.1) is 0 Å². The highest BCUT2D eigenvalue weighted by Gasteiger charge is 2.07. The van der Waals surface area contributed by atoms with Crippen LogP contribution in [0.5, 0.6) is 0 Å². The molecule has 0 aliphatic carbocycles. The summed E-state index contributed by atoms with van der Waals surface area (Å²) in [5.41, 5.74) is 3.01. The lowest BCUT2D eigenvalue weighted by molar-refractivity contribution is 0.112. The monoisotopic (exact) mass is 213 g/mol. The van der Waals surface area contributed by atoms with E-state index in [1.807, 2.05) is 30.5 Å². The molecule has 0 aliphatic rings. The summed E-state index contributed by atoms with van der Waals surface area (Å²) in [5.74, 6) is 0. The van der Waals surface area contributed by atoms with Crippen molar-refractivity contribution in [1.82, 2.24) is 4.57 Å². The summed E-state index contributed by atoms with van der Waals surface area (Å²) in [7, 11) is 0. The summed E-state index contributed by atoms with van der Waals surface area (Å²) in [5, 5.41) is 1.02. The Labute approximate surface area is 95.2 Å². The number of aldehydes is 1. The maximum absolute atomic E-state index is 11.0. The zero-order valence-electron chi connectivity index (χ0n) is 9.44. The Balaban J connectivity index is 2.53. The third kappa shape index (κ3) is 1.78. The Morgan fingerprint density at radius 2 is 2.19 bits per heavy atom. The van der Waals surface area contributed by atoms with Crippen molar-refractivity contribution in [3.8, 4) is 0 Å². The molecular formula is C14H15NO. The molecule has 0 N–H and O–H groups in total. The fourth-order valence-electron chi connectivity index (χ4n) is 1.85. The molecule has 0 radical (unpaired) electrons. The maximum atomic E-state index is 11.0. The summed E-state index contributed by atoms with van der Waals surface area (Å²) in [6, 6.07) is 7.95. The fraction of sp³-hybridized carbons (Fsp3) is 0.214. The zero-order chi connectivity index (χ0) is 11.5. The van der Waals surface area contributed by atoms with Crippen LogP contribution in [0.2, 0.25) is 0 Å². The molecule has 1 heterocycles. The van der Waals surface area contributed by atoms with E-state index >= 15 is 0 Å². The van der Waals surface area contributed by atoms with Gasteiger partial charge in [0.2, 0.25) is 0 Å². The molecule has 0 amide bonds. The first-order valence-electron chi connectivity index (χ1n) is 5.46. The number of rotatable bonds is 4. The van der Waals surface area contributed by atoms with Crippen LogP contribution in [0.3, 0.4) is 0 Å². The quantitative estimate of drug-likeness (QED) is 0.563. The molecule has 0 unspecified atom stereocenters. The predicted molar refractivity (Wildman–Crippen MR) is 66.8 cm³/mol. The number of aromatic nitrogens is 1. The van der Waals surface area contributed by atoms with Gasteiger partial charge in [0.1, 0.15) is 0 Å². The van der Waals surface area contributed by atoms with Gasteiger partial charge in [-0.25, -0.2) is 0 Å². The average Bonchev–Trinajstić information content (AvgIpc) is 2.68. The molecule has 1 aromatic heterocycles. The Kier molecular flexibility index (Phi) is 2.91. The van der Waals surface area contributed by atoms with Gasteiger partial charge in [0.15, 0.2) is 6.29 Å². The first-order chi connectivity index (χ1) is 7.76. The molecule has 0 atom stereocenters. The van der Waals surface area contributed by atoms with Crippen molar-refractivity contribution in [2.45, 2.75) is 19.9 Å². The minimum Gasteiger partial charge on any atom is -0.343 e. The topological polar surface area (TPSA) is 22.0 Å². The number of nitrogens with zero attached hydrogens (tertiary/aromatic N) is 1. The van der Waals surface area contributed by atoms with E-state index in [2.05, 4.69) is 18.1 Å². The number of para-hydroxylation sites is 1. The minimum atomic E-state index is 0.750. The number of fused-ring (bicyclic) bond motifs is 1. The van der Waals surface area contributed by atoms with Gasteiger partial charge < -0.3 is 4.57 Å². The Hall–Kier alpha value is -1.83. The zero-order valence-corrected chi connectivity index (χ0v) is 9.44. The van der Waals surface area contributed by atoms with Crippen molar-refractivity contribution < 1.29 is 4.79 Å². The van der Waals surface area contributed by atoms with Gasteiger partial charge in [0.25, 0.3) is 0 Å². The number of allylic oxidation sites excluding steroid dienone is 1. The molecular weight excluding hydrogens is 198 g/mol. The van der Waals surface area contributed by atoms with Crippen LogP contribution in [0.1, 0.15) is 23.7 Å². The van der Waals surface area contributed by atoms with Gasteiger partial charge in [-0.05, 0) is 12.5 Å². The minimum absolute atomic E-state index is 0.750. The van der Waals surface area contributed by atoms with Gasteiger partial charge in [0.05, 0.1) is 0 Å². The fourth-order valence-corrected chi connectivity index (χ4v) is 1.85. The van der Waals surface area contributed by atoms with Crippen molar-refractivity contribution in [2.24, 2.45) is 0 Å². The second-order valence-corrected chi connectivity index (χ2v) is 3.95. The standard InChI is InChI=1S/C14H15NO/c1-3-11(2)8-15-9-12(10-16)13-6-4-5-7-14(13)15/h4-7,9-10H,2-3,8H2,1H3. The lowest BCUT2D eigenvalue weighted by atomic mass is 10.2. The predicted octanol–water partition coefficient (Wildman–Crippen LogP) is 3.42. The number of carbonyl (C=O) groups is 1. The lowest BCUT2D eigenvalue weighted by Gasteiger charge is -2.05. The first-order valence-corrected chi connectivity index (χ1v) is 5.46. The Bertz CT molecular complexity index is 537. The van der Waals surface area contributed by atoms with Gasteiger partial charge in [-0.2, -0.15) is 0 Å². The molecule has 16 heavy (non-hydrogen) atoms. The smallest absolute Gasteiger partial charge is 0.152 e. The number of hydrogen-bond donors (Lipinski definition) is 0. The summed E-state index contributed by atoms with van der Waals surface area (Å²) in [6.07, 6.45) is 3.77. The molecule has 82 valence electrons. The average molecular weight is 213 g/mol. The number of carbonyl (C=O) groups excluding carboxylic acids is 1. The number of benzene rings is 1. The van der Waals surface area contributed by atoms with E-state index in [0.29, 0.717) is 0 Å². The van der Waals surface area contributed by atoms with E-state index in [-0.39, 0.29) is 0 Å². The van der Waals surface area contributed by atoms with Gasteiger partial charge in [-0.3, -0.25) is 4.79 Å². The van der Waals surface area contributed by atoms with Gasteiger partial charge in [0, 0.05) is 29.2 Å². The van der Waals surface area contributed by atoms with Crippen molar-refractivity contribution in [3.63, 3.8) is 0 Å². The number of hydrogen-bond acceptors (Lipinski definition) is 1. The van der Waals surface area contributed by atoms with Crippen LogP contribution in [-0.4, -0.2) is 10.9 Å². The highest BCUT2D eigenvalue weighted by Crippen LogP contribution is 2.21. The second kappa shape index (κ2) is 4.35. The second-order valence-electron chi connectivity index (χ2n) is 3.95. The highest BCUT2D eigenvalue weighted by molar-refractivity contribution is 5.97.